The van der Waals surface area contributed by atoms with Gasteiger partial charge in [-0.3, -0.25) is 4.79 Å². The summed E-state index contributed by atoms with van der Waals surface area (Å²) in [7, 11) is 0. The number of ether oxygens (including phenoxy) is 1. The van der Waals surface area contributed by atoms with Gasteiger partial charge in [0, 0.05) is 0 Å². The lowest BCUT2D eigenvalue weighted by Gasteiger charge is -2.24. The van der Waals surface area contributed by atoms with Gasteiger partial charge in [0.15, 0.2) is 0 Å². The first-order valence-corrected chi connectivity index (χ1v) is 5.63. The standard InChI is InChI=1S/C12H24O2/c1-6-12(5,7-2)11(13)14-9-8-10(3)4/h10H,6-9H2,1-5H3. The van der Waals surface area contributed by atoms with E-state index in [1.807, 2.05) is 20.8 Å². The molecule has 0 fully saturated rings. The second-order valence-corrected chi connectivity index (χ2v) is 4.59. The van der Waals surface area contributed by atoms with Gasteiger partial charge >= 0.3 is 5.97 Å². The zero-order chi connectivity index (χ0) is 11.2. The Morgan fingerprint density at radius 1 is 1.29 bits per heavy atom. The molecule has 0 aliphatic carbocycles. The summed E-state index contributed by atoms with van der Waals surface area (Å²) in [6, 6.07) is 0. The van der Waals surface area contributed by atoms with E-state index in [0.717, 1.165) is 19.3 Å². The molecule has 0 aromatic carbocycles. The summed E-state index contributed by atoms with van der Waals surface area (Å²) in [4.78, 5) is 11.7. The van der Waals surface area contributed by atoms with E-state index in [9.17, 15) is 4.79 Å². The first-order chi connectivity index (χ1) is 6.46. The van der Waals surface area contributed by atoms with Crippen molar-refractivity contribution in [2.45, 2.75) is 53.9 Å². The summed E-state index contributed by atoms with van der Waals surface area (Å²) in [6.45, 7) is 10.9. The van der Waals surface area contributed by atoms with E-state index in [0.29, 0.717) is 12.5 Å². The molecule has 14 heavy (non-hydrogen) atoms. The van der Waals surface area contributed by atoms with E-state index in [1.54, 1.807) is 0 Å². The maximum absolute atomic E-state index is 11.7. The molecule has 0 aromatic heterocycles. The SMILES string of the molecule is CCC(C)(CC)C(=O)OCCC(C)C. The van der Waals surface area contributed by atoms with Gasteiger partial charge in [-0.2, -0.15) is 0 Å². The molecule has 0 unspecified atom stereocenters. The Labute approximate surface area is 88.0 Å². The molecule has 0 bridgehead atoms. The average molecular weight is 200 g/mol. The summed E-state index contributed by atoms with van der Waals surface area (Å²) in [5, 5.41) is 0. The van der Waals surface area contributed by atoms with Gasteiger partial charge in [-0.05, 0) is 32.1 Å². The molecular weight excluding hydrogens is 176 g/mol. The van der Waals surface area contributed by atoms with Crippen LogP contribution in [0.15, 0.2) is 0 Å². The van der Waals surface area contributed by atoms with Gasteiger partial charge < -0.3 is 4.74 Å². The van der Waals surface area contributed by atoms with Gasteiger partial charge in [0.05, 0.1) is 12.0 Å². The van der Waals surface area contributed by atoms with Crippen molar-refractivity contribution in [3.63, 3.8) is 0 Å². The number of carbonyl (C=O) groups is 1. The second-order valence-electron chi connectivity index (χ2n) is 4.59. The van der Waals surface area contributed by atoms with Crippen LogP contribution in [-0.4, -0.2) is 12.6 Å². The van der Waals surface area contributed by atoms with Crippen LogP contribution in [0.4, 0.5) is 0 Å². The molecule has 2 heteroatoms. The minimum Gasteiger partial charge on any atom is -0.465 e. The van der Waals surface area contributed by atoms with Gasteiger partial charge in [-0.15, -0.1) is 0 Å². The largest absolute Gasteiger partial charge is 0.465 e. The summed E-state index contributed by atoms with van der Waals surface area (Å²) in [5.74, 6) is 0.556. The van der Waals surface area contributed by atoms with Crippen LogP contribution in [0, 0.1) is 11.3 Å². The second kappa shape index (κ2) is 6.05. The Morgan fingerprint density at radius 2 is 1.79 bits per heavy atom. The topological polar surface area (TPSA) is 26.3 Å². The molecule has 0 spiro atoms. The van der Waals surface area contributed by atoms with Crippen LogP contribution >= 0.6 is 0 Å². The average Bonchev–Trinajstić information content (AvgIpc) is 2.15. The summed E-state index contributed by atoms with van der Waals surface area (Å²) >= 11 is 0. The van der Waals surface area contributed by atoms with Gasteiger partial charge in [0.25, 0.3) is 0 Å². The molecule has 0 N–H and O–H groups in total. The molecule has 0 radical (unpaired) electrons. The quantitative estimate of drug-likeness (QED) is 0.614. The lowest BCUT2D eigenvalue weighted by molar-refractivity contribution is -0.155. The van der Waals surface area contributed by atoms with Crippen LogP contribution in [0.5, 0.6) is 0 Å². The summed E-state index contributed by atoms with van der Waals surface area (Å²) in [5.41, 5.74) is -0.281. The van der Waals surface area contributed by atoms with E-state index in [4.69, 9.17) is 4.74 Å². The number of carbonyl (C=O) groups excluding carboxylic acids is 1. The van der Waals surface area contributed by atoms with Crippen molar-refractivity contribution in [3.05, 3.63) is 0 Å². The molecular formula is C12H24O2. The zero-order valence-electron chi connectivity index (χ0n) is 10.2. The third kappa shape index (κ3) is 4.12. The van der Waals surface area contributed by atoms with Crippen LogP contribution in [0.25, 0.3) is 0 Å². The normalized spacial score (nSPS) is 11.9. The van der Waals surface area contributed by atoms with E-state index in [2.05, 4.69) is 13.8 Å². The molecule has 0 aromatic rings. The van der Waals surface area contributed by atoms with Crippen LogP contribution < -0.4 is 0 Å². The van der Waals surface area contributed by atoms with Crippen LogP contribution in [0.2, 0.25) is 0 Å². The van der Waals surface area contributed by atoms with E-state index >= 15 is 0 Å². The molecule has 0 heterocycles. The Bertz CT molecular complexity index is 169. The van der Waals surface area contributed by atoms with Crippen molar-refractivity contribution < 1.29 is 9.53 Å². The molecule has 0 aliphatic rings. The fourth-order valence-electron chi connectivity index (χ4n) is 1.10. The van der Waals surface area contributed by atoms with Crippen molar-refractivity contribution in [1.82, 2.24) is 0 Å². The van der Waals surface area contributed by atoms with Crippen molar-refractivity contribution in [2.24, 2.45) is 11.3 Å². The molecule has 84 valence electrons. The maximum Gasteiger partial charge on any atom is 0.311 e. The molecule has 0 rings (SSSR count). The van der Waals surface area contributed by atoms with Crippen LogP contribution in [0.3, 0.4) is 0 Å². The minimum atomic E-state index is -0.281. The van der Waals surface area contributed by atoms with E-state index in [1.165, 1.54) is 0 Å². The Balaban J connectivity index is 3.94. The predicted molar refractivity (Wildman–Crippen MR) is 59.1 cm³/mol. The Morgan fingerprint density at radius 3 is 2.14 bits per heavy atom. The number of hydrogen-bond donors (Lipinski definition) is 0. The summed E-state index contributed by atoms with van der Waals surface area (Å²) in [6.07, 6.45) is 2.66. The monoisotopic (exact) mass is 200 g/mol. The Kier molecular flexibility index (Phi) is 5.82. The molecule has 0 amide bonds. The fourth-order valence-corrected chi connectivity index (χ4v) is 1.10. The van der Waals surface area contributed by atoms with Crippen molar-refractivity contribution in [1.29, 1.82) is 0 Å². The first-order valence-electron chi connectivity index (χ1n) is 5.63. The maximum atomic E-state index is 11.7. The van der Waals surface area contributed by atoms with Crippen LogP contribution in [-0.2, 0) is 9.53 Å². The van der Waals surface area contributed by atoms with E-state index < -0.39 is 0 Å². The van der Waals surface area contributed by atoms with Gasteiger partial charge in [0.2, 0.25) is 0 Å². The highest BCUT2D eigenvalue weighted by Gasteiger charge is 2.30. The minimum absolute atomic E-state index is 0.0387. The highest BCUT2D eigenvalue weighted by Crippen LogP contribution is 2.27. The molecule has 0 atom stereocenters. The fraction of sp³-hybridized carbons (Fsp3) is 0.917. The van der Waals surface area contributed by atoms with Gasteiger partial charge in [0.1, 0.15) is 0 Å². The Hall–Kier alpha value is -0.530. The third-order valence-corrected chi connectivity index (χ3v) is 2.98. The van der Waals surface area contributed by atoms with Crippen molar-refractivity contribution >= 4 is 5.97 Å². The lowest BCUT2D eigenvalue weighted by Crippen LogP contribution is -2.29. The zero-order valence-corrected chi connectivity index (χ0v) is 10.2. The van der Waals surface area contributed by atoms with Gasteiger partial charge in [-0.25, -0.2) is 0 Å². The number of rotatable bonds is 6. The van der Waals surface area contributed by atoms with E-state index in [-0.39, 0.29) is 11.4 Å². The molecule has 2 nitrogen and oxygen atoms in total. The smallest absolute Gasteiger partial charge is 0.311 e. The highest BCUT2D eigenvalue weighted by atomic mass is 16.5. The number of esters is 1. The summed E-state index contributed by atoms with van der Waals surface area (Å²) < 4.78 is 5.26. The predicted octanol–water partition coefficient (Wildman–Crippen LogP) is 3.40. The third-order valence-electron chi connectivity index (χ3n) is 2.98. The van der Waals surface area contributed by atoms with Gasteiger partial charge in [-0.1, -0.05) is 27.7 Å². The lowest BCUT2D eigenvalue weighted by atomic mass is 9.85. The van der Waals surface area contributed by atoms with Crippen molar-refractivity contribution in [2.75, 3.05) is 6.61 Å². The van der Waals surface area contributed by atoms with Crippen molar-refractivity contribution in [3.8, 4) is 0 Å². The number of hydrogen-bond acceptors (Lipinski definition) is 2. The first kappa shape index (κ1) is 13.5. The molecule has 0 aliphatic heterocycles. The molecule has 0 saturated carbocycles. The molecule has 0 saturated heterocycles. The van der Waals surface area contributed by atoms with Crippen LogP contribution in [0.1, 0.15) is 53.9 Å². The highest BCUT2D eigenvalue weighted by molar-refractivity contribution is 5.76.